The molecule has 0 bridgehead atoms. The van der Waals surface area contributed by atoms with E-state index in [2.05, 4.69) is 49.8 Å². The number of halogens is 3. The van der Waals surface area contributed by atoms with Crippen LogP contribution in [0, 0.1) is 29.3 Å². The van der Waals surface area contributed by atoms with Crippen LogP contribution in [-0.2, 0) is 27.7 Å². The number of ether oxygens (including phenoxy) is 3. The number of anilines is 2. The van der Waals surface area contributed by atoms with Crippen LogP contribution < -0.4 is 19.9 Å². The maximum atomic E-state index is 16.8. The van der Waals surface area contributed by atoms with Gasteiger partial charge in [0.25, 0.3) is 0 Å². The summed E-state index contributed by atoms with van der Waals surface area (Å²) in [7, 11) is 5.10. The number of carbonyl (C=O) groups excluding carboxylic acids is 2. The average molecular weight is 1090 g/mol. The highest BCUT2D eigenvalue weighted by molar-refractivity contribution is 6.01. The number of benzene rings is 3. The molecule has 0 saturated carbocycles. The monoisotopic (exact) mass is 1090 g/mol. The van der Waals surface area contributed by atoms with Gasteiger partial charge < -0.3 is 39.3 Å². The molecule has 6 aliphatic rings. The Balaban J connectivity index is 0.000000170. The van der Waals surface area contributed by atoms with E-state index >= 15 is 8.78 Å². The van der Waals surface area contributed by atoms with Crippen molar-refractivity contribution in [2.45, 2.75) is 107 Å². The third-order valence-electron chi connectivity index (χ3n) is 17.9. The first-order valence-electron chi connectivity index (χ1n) is 28.5. The Kier molecular flexibility index (Phi) is 15.9. The number of aromatic hydroxyl groups is 1. The van der Waals surface area contributed by atoms with Crippen LogP contribution in [0.15, 0.2) is 55.1 Å². The van der Waals surface area contributed by atoms with Gasteiger partial charge in [-0.25, -0.2) is 22.9 Å². The molecule has 420 valence electrons. The molecule has 3 aromatic carbocycles. The number of aryl methyl sites for hydroxylation is 2. The molecule has 16 nitrogen and oxygen atoms in total. The summed E-state index contributed by atoms with van der Waals surface area (Å²) in [6.45, 7) is 11.9. The van der Waals surface area contributed by atoms with Gasteiger partial charge in [0.05, 0.1) is 53.5 Å². The van der Waals surface area contributed by atoms with E-state index < -0.39 is 17.5 Å². The minimum atomic E-state index is -1.13. The molecule has 6 aliphatic heterocycles. The molecule has 0 aliphatic carbocycles. The van der Waals surface area contributed by atoms with Gasteiger partial charge in [-0.05, 0) is 157 Å². The number of likely N-dealkylation sites (N-methyl/N-ethyl adjacent to an activating group) is 1. The number of phenolic OH excluding ortho intramolecular Hbond substituents is 1. The van der Waals surface area contributed by atoms with Crippen molar-refractivity contribution in [3.8, 4) is 23.0 Å². The number of allylic oxidation sites excluding steroid dienone is 1. The maximum absolute atomic E-state index is 16.8. The molecule has 9 heterocycles. The lowest BCUT2D eigenvalue weighted by Crippen LogP contribution is -2.43. The number of hydrogen-bond acceptors (Lipinski definition) is 13. The van der Waals surface area contributed by atoms with E-state index in [1.807, 2.05) is 22.7 Å². The molecule has 79 heavy (non-hydrogen) atoms. The van der Waals surface area contributed by atoms with Gasteiger partial charge in [0.15, 0.2) is 17.5 Å². The molecule has 0 radical (unpaired) electrons. The zero-order chi connectivity index (χ0) is 55.0. The highest BCUT2D eigenvalue weighted by Gasteiger charge is 2.45. The molecule has 6 aromatic rings. The molecule has 5 fully saturated rings. The minimum Gasteiger partial charge on any atom is -0.508 e. The van der Waals surface area contributed by atoms with Crippen LogP contribution in [0.2, 0.25) is 0 Å². The zero-order valence-electron chi connectivity index (χ0n) is 45.8. The number of aromatic nitrogens is 5. The van der Waals surface area contributed by atoms with Crippen LogP contribution in [0.3, 0.4) is 0 Å². The number of likely N-dealkylation sites (tertiary alicyclic amines) is 1. The van der Waals surface area contributed by atoms with E-state index in [-0.39, 0.29) is 68.8 Å². The number of nitrogens with one attached hydrogen (secondary N) is 1. The van der Waals surface area contributed by atoms with E-state index in [1.54, 1.807) is 7.05 Å². The number of methoxy groups -OCH3 is 1. The van der Waals surface area contributed by atoms with Crippen molar-refractivity contribution < 1.29 is 42.1 Å². The van der Waals surface area contributed by atoms with E-state index in [0.717, 1.165) is 119 Å². The lowest BCUT2D eigenvalue weighted by Gasteiger charge is -2.37. The fourth-order valence-electron chi connectivity index (χ4n) is 13.7. The minimum absolute atomic E-state index is 0.000954. The third kappa shape index (κ3) is 10.8. The van der Waals surface area contributed by atoms with Crippen LogP contribution in [0.1, 0.15) is 101 Å². The molecule has 12 rings (SSSR count). The number of rotatable bonds is 12. The molecule has 5 saturated heterocycles. The Hall–Kier alpha value is -6.73. The number of nitrogens with zero attached hydrogens (tertiary/aromatic N) is 9. The molecule has 3 aromatic heterocycles. The molecule has 0 spiro atoms. The maximum Gasteiger partial charge on any atom is 0.409 e. The molecule has 19 heteroatoms. The van der Waals surface area contributed by atoms with Gasteiger partial charge in [0, 0.05) is 75.4 Å². The van der Waals surface area contributed by atoms with Gasteiger partial charge in [0.2, 0.25) is 5.91 Å². The van der Waals surface area contributed by atoms with Gasteiger partial charge in [-0.2, -0.15) is 15.1 Å². The molecular formula is C60H73F3N10O6. The number of amides is 2. The van der Waals surface area contributed by atoms with Crippen LogP contribution in [0.4, 0.5) is 29.5 Å². The second-order valence-corrected chi connectivity index (χ2v) is 22.6. The summed E-state index contributed by atoms with van der Waals surface area (Å²) in [4.78, 5) is 47.5. The molecule has 2 atom stereocenters. The van der Waals surface area contributed by atoms with E-state index in [0.29, 0.717) is 68.4 Å². The Bertz CT molecular complexity index is 3240. The van der Waals surface area contributed by atoms with Gasteiger partial charge in [-0.3, -0.25) is 14.4 Å². The summed E-state index contributed by atoms with van der Waals surface area (Å²) in [5, 5.41) is 19.7. The van der Waals surface area contributed by atoms with E-state index in [9.17, 15) is 19.1 Å². The normalized spacial score (nSPS) is 20.1. The number of hydrogen-bond donors (Lipinski definition) is 2. The molecule has 2 N–H and O–H groups in total. The van der Waals surface area contributed by atoms with Crippen molar-refractivity contribution in [2.24, 2.45) is 18.9 Å². The number of fused-ring (bicyclic) bond motifs is 5. The van der Waals surface area contributed by atoms with Crippen molar-refractivity contribution in [3.63, 3.8) is 0 Å². The smallest absolute Gasteiger partial charge is 0.409 e. The average Bonchev–Trinajstić information content (AvgIpc) is 4.09. The summed E-state index contributed by atoms with van der Waals surface area (Å²) in [5.41, 5.74) is 3.42. The van der Waals surface area contributed by atoms with Crippen LogP contribution in [-0.4, -0.2) is 143 Å². The second kappa shape index (κ2) is 23.2. The third-order valence-corrected chi connectivity index (χ3v) is 17.9. The van der Waals surface area contributed by atoms with Crippen molar-refractivity contribution in [3.05, 3.63) is 84.0 Å². The predicted molar refractivity (Wildman–Crippen MR) is 298 cm³/mol. The largest absolute Gasteiger partial charge is 0.508 e. The molecule has 2 amide bonds. The van der Waals surface area contributed by atoms with Crippen molar-refractivity contribution in [1.82, 2.24) is 39.8 Å². The van der Waals surface area contributed by atoms with Crippen molar-refractivity contribution >= 4 is 56.1 Å². The van der Waals surface area contributed by atoms with Gasteiger partial charge >= 0.3 is 12.1 Å². The first-order valence-corrected chi connectivity index (χ1v) is 28.5. The van der Waals surface area contributed by atoms with Crippen molar-refractivity contribution in [1.29, 1.82) is 0 Å². The van der Waals surface area contributed by atoms with Crippen LogP contribution in [0.5, 0.6) is 11.8 Å². The first-order chi connectivity index (χ1) is 38.4. The van der Waals surface area contributed by atoms with Gasteiger partial charge in [0.1, 0.15) is 29.4 Å². The summed E-state index contributed by atoms with van der Waals surface area (Å²) in [6, 6.07) is 11.5. The van der Waals surface area contributed by atoms with Crippen molar-refractivity contribution in [2.75, 3.05) is 89.6 Å². The lowest BCUT2D eigenvalue weighted by molar-refractivity contribution is -0.122. The Morgan fingerprint density at radius 2 is 1.67 bits per heavy atom. The second-order valence-electron chi connectivity index (χ2n) is 22.6. The fourth-order valence-corrected chi connectivity index (χ4v) is 13.7. The van der Waals surface area contributed by atoms with E-state index in [1.165, 1.54) is 50.3 Å². The first kappa shape index (κ1) is 54.2. The van der Waals surface area contributed by atoms with Crippen LogP contribution >= 0.6 is 0 Å². The number of pyridine rings is 1. The standard InChI is InChI=1S/C32H32F3N5O3.C28H41N5O3/c33-22-6-4-18-14-20(41)15-21(24(18)26(22)34)28-27(35)29-25-23(36-28)7-5-19-16-42-13-3-12-40(19)30(25)38-31(37-29)43-17-32-8-1-10-39(32)11-2-9-32;1-5-6-7-24(27(34)29-2)26-23-9-8-22(19-25(23)31(3)30-26)32-14-10-20(11-15-32)18-21-12-16-33(17-13-21)28(35)36-4/h4,6,14-15,19,41H,1-3,5,7-13,16-17H2;5,8-9,19-21,24H,1,6-7,10-18H2,2-4H3,(H,29,34). The topological polar surface area (TPSA) is 164 Å². The Labute approximate surface area is 459 Å². The quantitative estimate of drug-likeness (QED) is 0.111. The molecular weight excluding hydrogens is 1010 g/mol. The summed E-state index contributed by atoms with van der Waals surface area (Å²) >= 11 is 0. The summed E-state index contributed by atoms with van der Waals surface area (Å²) in [5.74, 6) is -1.47. The van der Waals surface area contributed by atoms with Crippen LogP contribution in [0.25, 0.3) is 43.8 Å². The predicted octanol–water partition coefficient (Wildman–Crippen LogP) is 9.97. The molecule has 2 unspecified atom stereocenters. The SMILES string of the molecule is C=CCCC(C(=O)NC)c1nn(C)c2cc(N3CCC(CC4CCN(C(=O)OC)CC4)CC3)ccc12.Oc1cc(-c2nc3c4c(nc(OCC56CCCN5CCC6)nc4c2F)N2CCCOCC2CC3)c2c(F)c(F)ccc2c1. The highest BCUT2D eigenvalue weighted by Crippen LogP contribution is 2.44. The lowest BCUT2D eigenvalue weighted by atomic mass is 9.83. The van der Waals surface area contributed by atoms with E-state index in [4.69, 9.17) is 29.3 Å². The number of piperidine rings is 2. The highest BCUT2D eigenvalue weighted by atomic mass is 19.2. The van der Waals surface area contributed by atoms with Gasteiger partial charge in [-0.1, -0.05) is 12.1 Å². The Morgan fingerprint density at radius 1 is 0.911 bits per heavy atom. The number of phenols is 1. The summed E-state index contributed by atoms with van der Waals surface area (Å²) < 4.78 is 65.4. The summed E-state index contributed by atoms with van der Waals surface area (Å²) in [6.07, 6.45) is 15.2. The fraction of sp³-hybridized carbons (Fsp3) is 0.533. The zero-order valence-corrected chi connectivity index (χ0v) is 45.8. The Morgan fingerprint density at radius 3 is 2.41 bits per heavy atom. The van der Waals surface area contributed by atoms with Gasteiger partial charge in [-0.15, -0.1) is 6.58 Å². The number of carbonyl (C=O) groups is 2.